The molecule has 0 spiro atoms. The zero-order valence-electron chi connectivity index (χ0n) is 33.9. The van der Waals surface area contributed by atoms with Crippen molar-refractivity contribution in [2.75, 3.05) is 19.8 Å². The molecule has 0 aliphatic rings. The molecule has 0 aliphatic heterocycles. The number of aliphatic hydroxyl groups excluding tert-OH is 1. The van der Waals surface area contributed by atoms with E-state index in [9.17, 15) is 19.4 Å². The molecule has 51 heavy (non-hydrogen) atoms. The van der Waals surface area contributed by atoms with Crippen molar-refractivity contribution in [3.63, 3.8) is 0 Å². The second-order valence-electron chi connectivity index (χ2n) is 15.3. The van der Waals surface area contributed by atoms with Gasteiger partial charge in [0.15, 0.2) is 0 Å². The lowest BCUT2D eigenvalue weighted by Crippen LogP contribution is -2.46. The summed E-state index contributed by atoms with van der Waals surface area (Å²) in [5, 5.41) is 13.8. The molecular formula is C42H87N2O6P. The monoisotopic (exact) mass is 747 g/mol. The van der Waals surface area contributed by atoms with E-state index in [1.54, 1.807) is 0 Å². The maximum atomic E-state index is 12.8. The Labute approximate surface area is 316 Å². The molecule has 8 nitrogen and oxygen atoms in total. The van der Waals surface area contributed by atoms with Crippen molar-refractivity contribution in [1.29, 1.82) is 0 Å². The van der Waals surface area contributed by atoms with E-state index in [1.165, 1.54) is 167 Å². The third-order valence-corrected chi connectivity index (χ3v) is 11.2. The molecule has 3 unspecified atom stereocenters. The lowest BCUT2D eigenvalue weighted by Gasteiger charge is -2.25. The molecule has 0 fully saturated rings. The van der Waals surface area contributed by atoms with Crippen LogP contribution in [0.4, 0.5) is 0 Å². The molecular weight excluding hydrogens is 659 g/mol. The summed E-state index contributed by atoms with van der Waals surface area (Å²) in [6.45, 7) is 4.24. The number of nitrogens with two attached hydrogens (primary N) is 1. The van der Waals surface area contributed by atoms with Crippen LogP contribution in [0.3, 0.4) is 0 Å². The highest BCUT2D eigenvalue weighted by Gasteiger charge is 2.27. The molecule has 306 valence electrons. The SMILES string of the molecule is CCCCCCCCCCCCCCCCCCCCC(=O)NC(COP(=O)(O)OCCN)C(O)CCCCCCCCCCCCCCCC. The van der Waals surface area contributed by atoms with Gasteiger partial charge in [0.05, 0.1) is 25.4 Å². The van der Waals surface area contributed by atoms with Crippen molar-refractivity contribution < 1.29 is 28.4 Å². The average molecular weight is 747 g/mol. The summed E-state index contributed by atoms with van der Waals surface area (Å²) in [7, 11) is -4.31. The molecule has 0 aromatic carbocycles. The van der Waals surface area contributed by atoms with Crippen molar-refractivity contribution in [1.82, 2.24) is 5.32 Å². The number of amides is 1. The first-order valence-corrected chi connectivity index (χ1v) is 23.6. The maximum Gasteiger partial charge on any atom is 0.472 e. The number of phosphoric acid groups is 1. The van der Waals surface area contributed by atoms with Crippen LogP contribution >= 0.6 is 7.82 Å². The fourth-order valence-corrected chi connectivity index (χ4v) is 7.60. The van der Waals surface area contributed by atoms with Crippen molar-refractivity contribution in [2.45, 2.75) is 244 Å². The fourth-order valence-electron chi connectivity index (χ4n) is 6.84. The van der Waals surface area contributed by atoms with Crippen LogP contribution in [0.5, 0.6) is 0 Å². The van der Waals surface area contributed by atoms with Gasteiger partial charge < -0.3 is 21.1 Å². The third kappa shape index (κ3) is 37.6. The Hall–Kier alpha value is -0.500. The van der Waals surface area contributed by atoms with Crippen LogP contribution in [-0.2, 0) is 18.4 Å². The minimum atomic E-state index is -4.31. The van der Waals surface area contributed by atoms with Gasteiger partial charge in [-0.05, 0) is 12.8 Å². The highest BCUT2D eigenvalue weighted by atomic mass is 31.2. The Morgan fingerprint density at radius 3 is 1.25 bits per heavy atom. The van der Waals surface area contributed by atoms with Crippen LogP contribution in [0.15, 0.2) is 0 Å². The van der Waals surface area contributed by atoms with Gasteiger partial charge in [0.25, 0.3) is 0 Å². The Morgan fingerprint density at radius 1 is 0.569 bits per heavy atom. The fraction of sp³-hybridized carbons (Fsp3) is 0.976. The molecule has 9 heteroatoms. The summed E-state index contributed by atoms with van der Waals surface area (Å²) in [6, 6.07) is -0.767. The summed E-state index contributed by atoms with van der Waals surface area (Å²) in [5.74, 6) is -0.157. The number of nitrogens with one attached hydrogen (secondary N) is 1. The summed E-state index contributed by atoms with van der Waals surface area (Å²) in [6.07, 6.45) is 41.1. The number of rotatable bonds is 42. The van der Waals surface area contributed by atoms with Crippen molar-refractivity contribution in [3.05, 3.63) is 0 Å². The summed E-state index contributed by atoms with van der Waals surface area (Å²) < 4.78 is 22.2. The first-order chi connectivity index (χ1) is 24.9. The lowest BCUT2D eigenvalue weighted by atomic mass is 10.0. The van der Waals surface area contributed by atoms with Crippen LogP contribution < -0.4 is 11.1 Å². The van der Waals surface area contributed by atoms with Gasteiger partial charge in [-0.3, -0.25) is 13.8 Å². The summed E-state index contributed by atoms with van der Waals surface area (Å²) in [5.41, 5.74) is 5.38. The van der Waals surface area contributed by atoms with Crippen LogP contribution in [0.2, 0.25) is 0 Å². The highest BCUT2D eigenvalue weighted by Crippen LogP contribution is 2.43. The zero-order chi connectivity index (χ0) is 37.5. The Bertz CT molecular complexity index is 774. The molecule has 0 radical (unpaired) electrons. The molecule has 0 aromatic rings. The van der Waals surface area contributed by atoms with Crippen molar-refractivity contribution >= 4 is 13.7 Å². The quantitative estimate of drug-likeness (QED) is 0.0361. The molecule has 3 atom stereocenters. The van der Waals surface area contributed by atoms with Gasteiger partial charge in [-0.1, -0.05) is 213 Å². The van der Waals surface area contributed by atoms with Crippen LogP contribution in [0, 0.1) is 0 Å². The number of phosphoric ester groups is 1. The summed E-state index contributed by atoms with van der Waals surface area (Å²) in [4.78, 5) is 22.7. The molecule has 0 rings (SSSR count). The smallest absolute Gasteiger partial charge is 0.391 e. The second kappa shape index (κ2) is 39.2. The van der Waals surface area contributed by atoms with Crippen LogP contribution in [0.1, 0.15) is 232 Å². The van der Waals surface area contributed by atoms with Gasteiger partial charge in [-0.25, -0.2) is 4.57 Å². The van der Waals surface area contributed by atoms with Crippen LogP contribution in [-0.4, -0.2) is 47.8 Å². The number of carbonyl (C=O) groups is 1. The van der Waals surface area contributed by atoms with Gasteiger partial charge in [0.1, 0.15) is 0 Å². The topological polar surface area (TPSA) is 131 Å². The van der Waals surface area contributed by atoms with E-state index in [-0.39, 0.29) is 25.7 Å². The number of hydrogen-bond donors (Lipinski definition) is 4. The maximum absolute atomic E-state index is 12.8. The zero-order valence-corrected chi connectivity index (χ0v) is 34.8. The van der Waals surface area contributed by atoms with Crippen LogP contribution in [0.25, 0.3) is 0 Å². The number of hydrogen-bond acceptors (Lipinski definition) is 6. The van der Waals surface area contributed by atoms with E-state index in [0.717, 1.165) is 38.5 Å². The van der Waals surface area contributed by atoms with E-state index in [2.05, 4.69) is 19.2 Å². The summed E-state index contributed by atoms with van der Waals surface area (Å²) >= 11 is 0. The van der Waals surface area contributed by atoms with Gasteiger partial charge >= 0.3 is 7.82 Å². The Morgan fingerprint density at radius 2 is 0.902 bits per heavy atom. The van der Waals surface area contributed by atoms with E-state index >= 15 is 0 Å². The largest absolute Gasteiger partial charge is 0.472 e. The predicted octanol–water partition coefficient (Wildman–Crippen LogP) is 12.2. The average Bonchev–Trinajstić information content (AvgIpc) is 3.12. The molecule has 0 saturated carbocycles. The molecule has 0 saturated heterocycles. The Kier molecular flexibility index (Phi) is 38.8. The Balaban J connectivity index is 4.09. The van der Waals surface area contributed by atoms with E-state index in [4.69, 9.17) is 14.8 Å². The van der Waals surface area contributed by atoms with Gasteiger partial charge in [0.2, 0.25) is 5.91 Å². The molecule has 0 heterocycles. The molecule has 1 amide bonds. The molecule has 0 aromatic heterocycles. The highest BCUT2D eigenvalue weighted by molar-refractivity contribution is 7.47. The first kappa shape index (κ1) is 50.5. The van der Waals surface area contributed by atoms with Gasteiger partial charge in [0, 0.05) is 13.0 Å². The second-order valence-corrected chi connectivity index (χ2v) is 16.7. The van der Waals surface area contributed by atoms with E-state index in [1.807, 2.05) is 0 Å². The normalized spacial score (nSPS) is 14.1. The van der Waals surface area contributed by atoms with Crippen molar-refractivity contribution in [2.24, 2.45) is 5.73 Å². The number of unbranched alkanes of at least 4 members (excludes halogenated alkanes) is 30. The minimum absolute atomic E-state index is 0.0925. The van der Waals surface area contributed by atoms with E-state index in [0.29, 0.717) is 12.8 Å². The standard InChI is InChI=1S/C42H87N2O6P/c1-3-5-7-9-11-13-15-17-19-20-21-22-24-26-28-30-32-34-36-42(46)44-40(39-50-51(47,48)49-38-37-43)41(45)35-33-31-29-27-25-23-18-16-14-12-10-8-6-4-2/h40-41,45H,3-39,43H2,1-2H3,(H,44,46)(H,47,48). The molecule has 0 aliphatic carbocycles. The van der Waals surface area contributed by atoms with Crippen molar-refractivity contribution in [3.8, 4) is 0 Å². The number of carbonyl (C=O) groups excluding carboxylic acids is 1. The first-order valence-electron chi connectivity index (χ1n) is 22.2. The predicted molar refractivity (Wildman–Crippen MR) is 217 cm³/mol. The third-order valence-electron chi connectivity index (χ3n) is 10.2. The minimum Gasteiger partial charge on any atom is -0.391 e. The molecule has 0 bridgehead atoms. The van der Waals surface area contributed by atoms with Gasteiger partial charge in [-0.2, -0.15) is 0 Å². The molecule has 5 N–H and O–H groups in total. The van der Waals surface area contributed by atoms with Gasteiger partial charge in [-0.15, -0.1) is 0 Å². The lowest BCUT2D eigenvalue weighted by molar-refractivity contribution is -0.123. The van der Waals surface area contributed by atoms with E-state index < -0.39 is 20.0 Å². The number of aliphatic hydroxyl groups is 1.